The lowest BCUT2D eigenvalue weighted by atomic mass is 10.2. The number of benzene rings is 1. The fourth-order valence-electron chi connectivity index (χ4n) is 1.70. The molecule has 1 heterocycles. The first kappa shape index (κ1) is 10.6. The molecule has 0 bridgehead atoms. The molecule has 0 unspecified atom stereocenters. The fraction of sp³-hybridized carbons (Fsp3) is 0.273. The van der Waals surface area contributed by atoms with Crippen LogP contribution in [0.25, 0.3) is 10.9 Å². The van der Waals surface area contributed by atoms with Gasteiger partial charge in [-0.05, 0) is 25.0 Å². The van der Waals surface area contributed by atoms with Crippen LogP contribution in [0.2, 0.25) is 0 Å². The summed E-state index contributed by atoms with van der Waals surface area (Å²) >= 11 is 0. The van der Waals surface area contributed by atoms with Crippen molar-refractivity contribution in [2.75, 3.05) is 6.61 Å². The summed E-state index contributed by atoms with van der Waals surface area (Å²) in [4.78, 5) is 13.3. The number of aromatic nitrogens is 1. The number of hydrogen-bond acceptors (Lipinski definition) is 3. The summed E-state index contributed by atoms with van der Waals surface area (Å²) < 4.78 is 0. The first-order valence-electron chi connectivity index (χ1n) is 5.07. The Kier molecular flexibility index (Phi) is 2.87. The van der Waals surface area contributed by atoms with E-state index in [-0.39, 0.29) is 12.3 Å². The van der Waals surface area contributed by atoms with Gasteiger partial charge in [-0.25, -0.2) is 0 Å². The molecule has 2 aromatic rings. The van der Waals surface area contributed by atoms with Crippen molar-refractivity contribution >= 4 is 16.6 Å². The Morgan fingerprint density at radius 2 is 2.19 bits per heavy atom. The van der Waals surface area contributed by atoms with Gasteiger partial charge in [-0.2, -0.15) is 0 Å². The highest BCUT2D eigenvalue weighted by molar-refractivity contribution is 5.82. The number of H-pyrrole nitrogens is 1. The zero-order valence-corrected chi connectivity index (χ0v) is 8.64. The monoisotopic (exact) mass is 220 g/mol. The van der Waals surface area contributed by atoms with Crippen molar-refractivity contribution in [1.82, 2.24) is 4.98 Å². The molecule has 0 radical (unpaired) electrons. The summed E-state index contributed by atoms with van der Waals surface area (Å²) in [5, 5.41) is 20.1. The van der Waals surface area contributed by atoms with E-state index in [0.29, 0.717) is 6.42 Å². The number of aliphatic hydroxyl groups is 1. The highest BCUT2D eigenvalue weighted by Gasteiger charge is 2.07. The Labute approximate surface area is 91.9 Å². The molecule has 1 aromatic heterocycles. The molecule has 0 aliphatic rings. The lowest BCUT2D eigenvalue weighted by Gasteiger charge is -1.92. The number of nitro benzene ring substituents is 1. The molecule has 0 aliphatic heterocycles. The van der Waals surface area contributed by atoms with Crippen molar-refractivity contribution in [3.05, 3.63) is 40.1 Å². The minimum absolute atomic E-state index is 0.0974. The zero-order chi connectivity index (χ0) is 11.5. The number of aryl methyl sites for hydroxylation is 1. The second-order valence-corrected chi connectivity index (χ2v) is 3.65. The van der Waals surface area contributed by atoms with Gasteiger partial charge >= 0.3 is 0 Å². The van der Waals surface area contributed by atoms with Crippen LogP contribution in [0.15, 0.2) is 24.3 Å². The fourth-order valence-corrected chi connectivity index (χ4v) is 1.70. The predicted octanol–water partition coefficient (Wildman–Crippen LogP) is 2.00. The van der Waals surface area contributed by atoms with Gasteiger partial charge in [0.25, 0.3) is 5.69 Å². The van der Waals surface area contributed by atoms with Crippen molar-refractivity contribution in [2.24, 2.45) is 0 Å². The minimum Gasteiger partial charge on any atom is -0.396 e. The van der Waals surface area contributed by atoms with Gasteiger partial charge in [0.15, 0.2) is 0 Å². The maximum absolute atomic E-state index is 10.6. The summed E-state index contributed by atoms with van der Waals surface area (Å²) in [5.41, 5.74) is 1.98. The molecule has 0 spiro atoms. The lowest BCUT2D eigenvalue weighted by Crippen LogP contribution is -1.88. The molecule has 84 valence electrons. The normalized spacial score (nSPS) is 10.8. The SMILES string of the molecule is O=[N+]([O-])c1ccc2[nH]c(CCCO)cc2c1. The number of aliphatic hydroxyl groups excluding tert-OH is 1. The Bertz CT molecular complexity index is 519. The van der Waals surface area contributed by atoms with Crippen LogP contribution in [-0.2, 0) is 6.42 Å². The van der Waals surface area contributed by atoms with E-state index >= 15 is 0 Å². The van der Waals surface area contributed by atoms with Crippen LogP contribution >= 0.6 is 0 Å². The van der Waals surface area contributed by atoms with E-state index in [4.69, 9.17) is 5.11 Å². The molecule has 0 saturated carbocycles. The van der Waals surface area contributed by atoms with E-state index in [0.717, 1.165) is 23.0 Å². The molecular weight excluding hydrogens is 208 g/mol. The molecule has 1 aromatic carbocycles. The maximum atomic E-state index is 10.6. The van der Waals surface area contributed by atoms with Crippen LogP contribution in [0.3, 0.4) is 0 Å². The molecule has 0 aliphatic carbocycles. The van der Waals surface area contributed by atoms with Crippen molar-refractivity contribution in [2.45, 2.75) is 12.8 Å². The molecule has 5 heteroatoms. The molecule has 0 amide bonds. The summed E-state index contributed by atoms with van der Waals surface area (Å²) in [6.07, 6.45) is 1.44. The molecule has 5 nitrogen and oxygen atoms in total. The highest BCUT2D eigenvalue weighted by Crippen LogP contribution is 2.21. The van der Waals surface area contributed by atoms with Crippen molar-refractivity contribution in [3.63, 3.8) is 0 Å². The Morgan fingerprint density at radius 3 is 2.88 bits per heavy atom. The smallest absolute Gasteiger partial charge is 0.270 e. The molecule has 2 rings (SSSR count). The predicted molar refractivity (Wildman–Crippen MR) is 60.4 cm³/mol. The van der Waals surface area contributed by atoms with Crippen LogP contribution in [0.1, 0.15) is 12.1 Å². The Balaban J connectivity index is 2.34. The number of nitro groups is 1. The van der Waals surface area contributed by atoms with Crippen molar-refractivity contribution < 1.29 is 10.0 Å². The van der Waals surface area contributed by atoms with Crippen LogP contribution < -0.4 is 0 Å². The lowest BCUT2D eigenvalue weighted by molar-refractivity contribution is -0.384. The van der Waals surface area contributed by atoms with Gasteiger partial charge < -0.3 is 10.1 Å². The molecular formula is C11H12N2O3. The van der Waals surface area contributed by atoms with Gasteiger partial charge in [0.1, 0.15) is 0 Å². The van der Waals surface area contributed by atoms with Gasteiger partial charge in [0, 0.05) is 35.3 Å². The minimum atomic E-state index is -0.403. The van der Waals surface area contributed by atoms with E-state index in [1.807, 2.05) is 6.07 Å². The molecule has 2 N–H and O–H groups in total. The number of aromatic amines is 1. The number of non-ortho nitro benzene ring substituents is 1. The van der Waals surface area contributed by atoms with E-state index in [9.17, 15) is 10.1 Å². The van der Waals surface area contributed by atoms with E-state index in [1.54, 1.807) is 12.1 Å². The maximum Gasteiger partial charge on any atom is 0.270 e. The first-order valence-corrected chi connectivity index (χ1v) is 5.07. The largest absolute Gasteiger partial charge is 0.396 e. The van der Waals surface area contributed by atoms with Crippen molar-refractivity contribution in [1.29, 1.82) is 0 Å². The summed E-state index contributed by atoms with van der Waals surface area (Å²) in [6, 6.07) is 6.62. The summed E-state index contributed by atoms with van der Waals surface area (Å²) in [6.45, 7) is 0.148. The van der Waals surface area contributed by atoms with Crippen LogP contribution in [0.5, 0.6) is 0 Å². The number of hydrogen-bond donors (Lipinski definition) is 2. The zero-order valence-electron chi connectivity index (χ0n) is 8.64. The van der Waals surface area contributed by atoms with Crippen molar-refractivity contribution in [3.8, 4) is 0 Å². The summed E-state index contributed by atoms with van der Waals surface area (Å²) in [5.74, 6) is 0. The Hall–Kier alpha value is -1.88. The summed E-state index contributed by atoms with van der Waals surface area (Å²) in [7, 11) is 0. The third-order valence-electron chi connectivity index (χ3n) is 2.48. The standard InChI is InChI=1S/C11H12N2O3/c14-5-1-2-9-6-8-7-10(13(15)16)3-4-11(8)12-9/h3-4,6-7,12,14H,1-2,5H2. The second-order valence-electron chi connectivity index (χ2n) is 3.65. The number of rotatable bonds is 4. The van der Waals surface area contributed by atoms with Gasteiger partial charge in [-0.3, -0.25) is 10.1 Å². The average molecular weight is 220 g/mol. The Morgan fingerprint density at radius 1 is 1.38 bits per heavy atom. The van der Waals surface area contributed by atoms with Crippen LogP contribution in [0.4, 0.5) is 5.69 Å². The van der Waals surface area contributed by atoms with Gasteiger partial charge in [0.2, 0.25) is 0 Å². The van der Waals surface area contributed by atoms with Gasteiger partial charge in [0.05, 0.1) is 4.92 Å². The second kappa shape index (κ2) is 4.32. The third-order valence-corrected chi connectivity index (χ3v) is 2.48. The first-order chi connectivity index (χ1) is 7.70. The molecule has 0 atom stereocenters. The molecule has 0 fully saturated rings. The van der Waals surface area contributed by atoms with Gasteiger partial charge in [-0.15, -0.1) is 0 Å². The molecule has 0 saturated heterocycles. The van der Waals surface area contributed by atoms with E-state index in [2.05, 4.69) is 4.98 Å². The third kappa shape index (κ3) is 2.04. The molecule has 16 heavy (non-hydrogen) atoms. The highest BCUT2D eigenvalue weighted by atomic mass is 16.6. The number of fused-ring (bicyclic) bond motifs is 1. The number of nitrogens with zero attached hydrogens (tertiary/aromatic N) is 1. The topological polar surface area (TPSA) is 79.2 Å². The van der Waals surface area contributed by atoms with E-state index in [1.165, 1.54) is 6.07 Å². The van der Waals surface area contributed by atoms with E-state index < -0.39 is 4.92 Å². The van der Waals surface area contributed by atoms with Crippen LogP contribution in [0, 0.1) is 10.1 Å². The average Bonchev–Trinajstić information content (AvgIpc) is 2.67. The quantitative estimate of drug-likeness (QED) is 0.611. The van der Waals surface area contributed by atoms with Gasteiger partial charge in [-0.1, -0.05) is 0 Å². The number of nitrogens with one attached hydrogen (secondary N) is 1. The van der Waals surface area contributed by atoms with Crippen LogP contribution in [-0.4, -0.2) is 21.6 Å².